The molecule has 4 amide bonds. The lowest BCUT2D eigenvalue weighted by molar-refractivity contribution is -0.131. The number of hydrogen-bond acceptors (Lipinski definition) is 6. The molecule has 2 aromatic rings. The summed E-state index contributed by atoms with van der Waals surface area (Å²) >= 11 is 0. The van der Waals surface area contributed by atoms with Gasteiger partial charge in [0, 0.05) is 13.0 Å². The molecule has 2 aliphatic rings. The highest BCUT2D eigenvalue weighted by Gasteiger charge is 2.30. The van der Waals surface area contributed by atoms with E-state index in [1.165, 1.54) is 12.1 Å². The van der Waals surface area contributed by atoms with Crippen molar-refractivity contribution in [3.05, 3.63) is 59.7 Å². The van der Waals surface area contributed by atoms with Crippen LogP contribution in [0.25, 0.3) is 0 Å². The van der Waals surface area contributed by atoms with Gasteiger partial charge in [0.1, 0.15) is 30.2 Å². The van der Waals surface area contributed by atoms with Gasteiger partial charge >= 0.3 is 0 Å². The van der Waals surface area contributed by atoms with Crippen LogP contribution >= 0.6 is 0 Å². The summed E-state index contributed by atoms with van der Waals surface area (Å²) in [5, 5.41) is 20.4. The van der Waals surface area contributed by atoms with Gasteiger partial charge in [0.15, 0.2) is 0 Å². The van der Waals surface area contributed by atoms with Gasteiger partial charge < -0.3 is 31.1 Å². The quantitative estimate of drug-likeness (QED) is 0.413. The third-order valence-corrected chi connectivity index (χ3v) is 6.09. The van der Waals surface area contributed by atoms with Crippen molar-refractivity contribution < 1.29 is 29.0 Å². The van der Waals surface area contributed by atoms with Crippen LogP contribution in [0.4, 0.5) is 0 Å². The van der Waals surface area contributed by atoms with Crippen LogP contribution in [-0.2, 0) is 20.8 Å². The molecule has 0 radical (unpaired) electrons. The summed E-state index contributed by atoms with van der Waals surface area (Å²) in [4.78, 5) is 51.8. The average Bonchev–Trinajstić information content (AvgIpc) is 3.70. The molecule has 5 N–H and O–H groups in total. The molecule has 190 valence electrons. The van der Waals surface area contributed by atoms with Crippen LogP contribution in [0.3, 0.4) is 0 Å². The van der Waals surface area contributed by atoms with E-state index in [-0.39, 0.29) is 37.3 Å². The minimum Gasteiger partial charge on any atom is -0.508 e. The monoisotopic (exact) mass is 494 g/mol. The molecule has 0 saturated heterocycles. The molecule has 1 saturated carbocycles. The maximum Gasteiger partial charge on any atom is 0.255 e. The lowest BCUT2D eigenvalue weighted by Gasteiger charge is -2.23. The Balaban J connectivity index is 1.55. The van der Waals surface area contributed by atoms with Gasteiger partial charge in [-0.1, -0.05) is 24.3 Å². The Kier molecular flexibility index (Phi) is 8.04. The predicted molar refractivity (Wildman–Crippen MR) is 130 cm³/mol. The molecule has 0 unspecified atom stereocenters. The normalized spacial score (nSPS) is 21.1. The van der Waals surface area contributed by atoms with Crippen LogP contribution in [0.15, 0.2) is 48.5 Å². The lowest BCUT2D eigenvalue weighted by atomic mass is 10.0. The first-order valence-corrected chi connectivity index (χ1v) is 12.0. The fourth-order valence-electron chi connectivity index (χ4n) is 3.89. The van der Waals surface area contributed by atoms with Crippen molar-refractivity contribution in [2.24, 2.45) is 5.92 Å². The summed E-state index contributed by atoms with van der Waals surface area (Å²) < 4.78 is 5.73. The zero-order valence-corrected chi connectivity index (χ0v) is 19.8. The molecule has 2 atom stereocenters. The molecule has 10 nitrogen and oxygen atoms in total. The largest absolute Gasteiger partial charge is 0.508 e. The third-order valence-electron chi connectivity index (χ3n) is 6.09. The number of phenolic OH excluding ortho intramolecular Hbond substituents is 1. The van der Waals surface area contributed by atoms with Crippen molar-refractivity contribution in [2.45, 2.75) is 37.8 Å². The molecule has 1 heterocycles. The van der Waals surface area contributed by atoms with Gasteiger partial charge in [-0.25, -0.2) is 0 Å². The Labute approximate surface area is 208 Å². The number of rotatable bonds is 5. The number of hydrogen-bond donors (Lipinski definition) is 5. The van der Waals surface area contributed by atoms with Crippen LogP contribution < -0.4 is 26.0 Å². The van der Waals surface area contributed by atoms with E-state index in [4.69, 9.17) is 4.74 Å². The van der Waals surface area contributed by atoms with E-state index in [0.717, 1.165) is 18.4 Å². The van der Waals surface area contributed by atoms with Gasteiger partial charge in [-0.3, -0.25) is 19.2 Å². The highest BCUT2D eigenvalue weighted by atomic mass is 16.5. The topological polar surface area (TPSA) is 146 Å². The number of nitrogens with one attached hydrogen (secondary N) is 4. The zero-order chi connectivity index (χ0) is 25.5. The summed E-state index contributed by atoms with van der Waals surface area (Å²) in [5.74, 6) is -1.15. The van der Waals surface area contributed by atoms with Crippen molar-refractivity contribution in [1.29, 1.82) is 0 Å². The van der Waals surface area contributed by atoms with E-state index < -0.39 is 35.7 Å². The fraction of sp³-hybridized carbons (Fsp3) is 0.385. The summed E-state index contributed by atoms with van der Waals surface area (Å²) in [7, 11) is 0. The lowest BCUT2D eigenvalue weighted by Crippen LogP contribution is -2.53. The maximum atomic E-state index is 13.0. The number of carbonyl (C=O) groups is 4. The van der Waals surface area contributed by atoms with Crippen molar-refractivity contribution in [1.82, 2.24) is 21.3 Å². The number of phenols is 1. The molecule has 10 heteroatoms. The third kappa shape index (κ3) is 6.97. The highest BCUT2D eigenvalue weighted by molar-refractivity contribution is 6.01. The molecule has 0 spiro atoms. The smallest absolute Gasteiger partial charge is 0.255 e. The van der Waals surface area contributed by atoms with Crippen molar-refractivity contribution in [2.75, 3.05) is 19.7 Å². The van der Waals surface area contributed by atoms with Crippen LogP contribution in [0, 0.1) is 5.92 Å². The first-order valence-electron chi connectivity index (χ1n) is 12.0. The zero-order valence-electron chi connectivity index (χ0n) is 19.8. The maximum absolute atomic E-state index is 13.0. The second-order valence-corrected chi connectivity index (χ2v) is 9.05. The fourth-order valence-corrected chi connectivity index (χ4v) is 3.89. The van der Waals surface area contributed by atoms with Crippen LogP contribution in [0.2, 0.25) is 0 Å². The summed E-state index contributed by atoms with van der Waals surface area (Å²) in [6.07, 6.45) is 1.91. The van der Waals surface area contributed by atoms with Crippen molar-refractivity contribution >= 4 is 23.6 Å². The number of para-hydroxylation sites is 1. The van der Waals surface area contributed by atoms with Gasteiger partial charge in [0.25, 0.3) is 5.91 Å². The van der Waals surface area contributed by atoms with Crippen molar-refractivity contribution in [3.63, 3.8) is 0 Å². The molecule has 2 aromatic carbocycles. The number of fused-ring (bicyclic) bond motifs is 1. The first kappa shape index (κ1) is 25.0. The molecule has 4 rings (SSSR count). The van der Waals surface area contributed by atoms with Gasteiger partial charge in [-0.2, -0.15) is 0 Å². The van der Waals surface area contributed by atoms with Crippen LogP contribution in [0.1, 0.15) is 35.2 Å². The minimum absolute atomic E-state index is 0.0893. The van der Waals surface area contributed by atoms with Gasteiger partial charge in [-0.05, 0) is 48.6 Å². The molecule has 1 aliphatic carbocycles. The minimum atomic E-state index is -1.13. The molecule has 1 aliphatic heterocycles. The van der Waals surface area contributed by atoms with E-state index in [1.54, 1.807) is 36.4 Å². The number of amides is 4. The Morgan fingerprint density at radius 1 is 1.03 bits per heavy atom. The summed E-state index contributed by atoms with van der Waals surface area (Å²) in [6.45, 7) is 0.739. The molecule has 0 aromatic heterocycles. The second kappa shape index (κ2) is 11.6. The molecule has 36 heavy (non-hydrogen) atoms. The van der Waals surface area contributed by atoms with Crippen LogP contribution in [0.5, 0.6) is 11.5 Å². The van der Waals surface area contributed by atoms with E-state index >= 15 is 0 Å². The molecule has 1 fully saturated rings. The number of carbonyl (C=O) groups excluding carboxylic acids is 4. The van der Waals surface area contributed by atoms with E-state index in [9.17, 15) is 24.3 Å². The average molecular weight is 495 g/mol. The number of aromatic hydroxyl groups is 1. The Bertz CT molecular complexity index is 1120. The molecular weight excluding hydrogens is 464 g/mol. The van der Waals surface area contributed by atoms with Crippen LogP contribution in [-0.4, -0.2) is 60.5 Å². The Morgan fingerprint density at radius 2 is 1.78 bits per heavy atom. The van der Waals surface area contributed by atoms with Gasteiger partial charge in [0.05, 0.1) is 18.5 Å². The predicted octanol–water partition coefficient (Wildman–Crippen LogP) is 0.643. The molecular formula is C26H30N4O6. The SMILES string of the molecule is O=C1C[C@@H](C(=O)NCC2CC2)NC(=O)c2ccccc2OCCNC(=O)[C@H](Cc2ccc(O)cc2)N1. The Morgan fingerprint density at radius 3 is 2.53 bits per heavy atom. The number of benzene rings is 2. The number of ether oxygens (including phenoxy) is 1. The van der Waals surface area contributed by atoms with E-state index in [1.807, 2.05) is 0 Å². The molecule has 0 bridgehead atoms. The standard InChI is InChI=1S/C26H30N4O6/c31-18-9-7-16(8-10-18)13-20-25(34)27-11-12-36-22-4-2-1-3-19(22)24(33)30-21(14-23(32)29-20)26(35)28-15-17-5-6-17/h1-4,7-10,17,20-21,31H,5-6,11-15H2,(H,27,34)(H,28,35)(H,29,32)(H,30,33)/t20-,21-/m0/s1. The highest BCUT2D eigenvalue weighted by Crippen LogP contribution is 2.27. The summed E-state index contributed by atoms with van der Waals surface area (Å²) in [5.41, 5.74) is 0.957. The summed E-state index contributed by atoms with van der Waals surface area (Å²) in [6, 6.07) is 10.9. The van der Waals surface area contributed by atoms with Crippen molar-refractivity contribution in [3.8, 4) is 11.5 Å². The van der Waals surface area contributed by atoms with E-state index in [0.29, 0.717) is 18.2 Å². The first-order chi connectivity index (χ1) is 17.4. The Hall–Kier alpha value is -4.08. The second-order valence-electron chi connectivity index (χ2n) is 9.05. The van der Waals surface area contributed by atoms with E-state index in [2.05, 4.69) is 21.3 Å². The van der Waals surface area contributed by atoms with Gasteiger partial charge in [0.2, 0.25) is 17.7 Å². The van der Waals surface area contributed by atoms with Gasteiger partial charge in [-0.15, -0.1) is 0 Å².